The highest BCUT2D eigenvalue weighted by molar-refractivity contribution is 9.10. The van der Waals surface area contributed by atoms with E-state index in [0.29, 0.717) is 0 Å². The largest absolute Gasteiger partial charge is 0.435 e. The van der Waals surface area contributed by atoms with Gasteiger partial charge in [-0.1, -0.05) is 12.1 Å². The summed E-state index contributed by atoms with van der Waals surface area (Å²) in [7, 11) is 0. The molecule has 0 fully saturated rings. The van der Waals surface area contributed by atoms with Crippen LogP contribution in [0.25, 0.3) is 0 Å². The maximum Gasteiger partial charge on any atom is 0.387 e. The smallest absolute Gasteiger partial charge is 0.387 e. The third kappa shape index (κ3) is 3.68. The first-order chi connectivity index (χ1) is 8.97. The molecule has 0 aliphatic heterocycles. The molecule has 0 radical (unpaired) electrons. The van der Waals surface area contributed by atoms with Crippen LogP contribution in [0, 0.1) is 6.92 Å². The minimum atomic E-state index is -2.81. The monoisotopic (exact) mass is 366 g/mol. The summed E-state index contributed by atoms with van der Waals surface area (Å²) >= 11 is 11.5. The van der Waals surface area contributed by atoms with Gasteiger partial charge in [0.05, 0.1) is 5.38 Å². The van der Waals surface area contributed by atoms with Crippen LogP contribution in [-0.2, 0) is 0 Å². The van der Waals surface area contributed by atoms with Crippen LogP contribution >= 0.6 is 38.9 Å². The third-order valence-corrected chi connectivity index (χ3v) is 5.10. The average molecular weight is 368 g/mol. The number of hydrogen-bond acceptors (Lipinski definition) is 2. The molecule has 0 bridgehead atoms. The highest BCUT2D eigenvalue weighted by atomic mass is 79.9. The lowest BCUT2D eigenvalue weighted by Crippen LogP contribution is -2.01. The molecular formula is C13H10BrClF2OS. The van der Waals surface area contributed by atoms with Crippen molar-refractivity contribution in [3.63, 3.8) is 0 Å². The van der Waals surface area contributed by atoms with Crippen molar-refractivity contribution in [3.05, 3.63) is 50.1 Å². The minimum Gasteiger partial charge on any atom is -0.435 e. The van der Waals surface area contributed by atoms with Crippen LogP contribution in [0.2, 0.25) is 0 Å². The predicted octanol–water partition coefficient (Wildman–Crippen LogP) is 5.75. The van der Waals surface area contributed by atoms with Crippen LogP contribution in [0.5, 0.6) is 5.75 Å². The Balaban J connectivity index is 2.20. The molecule has 0 amide bonds. The van der Waals surface area contributed by atoms with Crippen LogP contribution in [0.4, 0.5) is 8.78 Å². The average Bonchev–Trinajstić information content (AvgIpc) is 2.68. The van der Waals surface area contributed by atoms with E-state index < -0.39 is 6.61 Å². The van der Waals surface area contributed by atoms with Gasteiger partial charge in [-0.3, -0.25) is 0 Å². The van der Waals surface area contributed by atoms with Crippen molar-refractivity contribution in [2.75, 3.05) is 0 Å². The molecule has 0 aliphatic rings. The summed E-state index contributed by atoms with van der Waals surface area (Å²) in [6.45, 7) is -0.811. The fourth-order valence-electron chi connectivity index (χ4n) is 1.64. The molecule has 1 aromatic carbocycles. The number of alkyl halides is 3. The Bertz CT molecular complexity index is 556. The van der Waals surface area contributed by atoms with Crippen LogP contribution < -0.4 is 4.74 Å². The second-order valence-corrected chi connectivity index (χ2v) is 6.46. The first-order valence-electron chi connectivity index (χ1n) is 5.42. The van der Waals surface area contributed by atoms with Gasteiger partial charge >= 0.3 is 6.61 Å². The Morgan fingerprint density at radius 1 is 1.26 bits per heavy atom. The number of halogens is 4. The number of hydrogen-bond donors (Lipinski definition) is 0. The van der Waals surface area contributed by atoms with E-state index in [-0.39, 0.29) is 11.1 Å². The SMILES string of the molecule is Cc1cc(Br)c(C(Cl)c2ccc(OC(F)F)cc2)s1. The van der Waals surface area contributed by atoms with Gasteiger partial charge in [0.15, 0.2) is 0 Å². The molecule has 2 aromatic rings. The Hall–Kier alpha value is -0.650. The van der Waals surface area contributed by atoms with Gasteiger partial charge in [-0.2, -0.15) is 8.78 Å². The number of aryl methyl sites for hydroxylation is 1. The lowest BCUT2D eigenvalue weighted by Gasteiger charge is -2.10. The van der Waals surface area contributed by atoms with Gasteiger partial charge in [-0.15, -0.1) is 22.9 Å². The summed E-state index contributed by atoms with van der Waals surface area (Å²) in [4.78, 5) is 2.16. The second-order valence-electron chi connectivity index (χ2n) is 3.88. The van der Waals surface area contributed by atoms with Crippen LogP contribution in [0.15, 0.2) is 34.8 Å². The van der Waals surface area contributed by atoms with Crippen molar-refractivity contribution >= 4 is 38.9 Å². The zero-order chi connectivity index (χ0) is 14.0. The molecule has 0 saturated carbocycles. The van der Waals surface area contributed by atoms with E-state index in [1.807, 2.05) is 13.0 Å². The van der Waals surface area contributed by atoms with Crippen LogP contribution in [0.1, 0.15) is 20.7 Å². The number of ether oxygens (including phenoxy) is 1. The molecule has 1 nitrogen and oxygen atoms in total. The summed E-state index contributed by atoms with van der Waals surface area (Å²) < 4.78 is 29.4. The Morgan fingerprint density at radius 3 is 2.37 bits per heavy atom. The van der Waals surface area contributed by atoms with E-state index in [4.69, 9.17) is 11.6 Å². The van der Waals surface area contributed by atoms with Crippen molar-refractivity contribution in [1.29, 1.82) is 0 Å². The third-order valence-electron chi connectivity index (χ3n) is 2.46. The molecule has 2 rings (SSSR count). The van der Waals surface area contributed by atoms with E-state index in [2.05, 4.69) is 20.7 Å². The van der Waals surface area contributed by atoms with Gasteiger partial charge in [0.2, 0.25) is 0 Å². The molecule has 1 aromatic heterocycles. The standard InChI is InChI=1S/C13H10BrClF2OS/c1-7-6-10(14)12(19-7)11(15)8-2-4-9(5-3-8)18-13(16)17/h2-6,11,13H,1H3. The first kappa shape index (κ1) is 14.8. The fraction of sp³-hybridized carbons (Fsp3) is 0.231. The predicted molar refractivity (Wildman–Crippen MR) is 77.5 cm³/mol. The molecule has 0 aliphatic carbocycles. The van der Waals surface area contributed by atoms with Crippen molar-refractivity contribution in [3.8, 4) is 5.75 Å². The molecular weight excluding hydrogens is 358 g/mol. The van der Waals surface area contributed by atoms with E-state index in [0.717, 1.165) is 19.8 Å². The van der Waals surface area contributed by atoms with Crippen molar-refractivity contribution in [1.82, 2.24) is 0 Å². The number of rotatable bonds is 4. The summed E-state index contributed by atoms with van der Waals surface area (Å²) in [6, 6.07) is 8.37. The van der Waals surface area contributed by atoms with Crippen molar-refractivity contribution < 1.29 is 13.5 Å². The highest BCUT2D eigenvalue weighted by Crippen LogP contribution is 2.39. The van der Waals surface area contributed by atoms with E-state index in [1.165, 1.54) is 12.1 Å². The molecule has 0 saturated heterocycles. The van der Waals surface area contributed by atoms with Crippen LogP contribution in [0.3, 0.4) is 0 Å². The van der Waals surface area contributed by atoms with E-state index in [1.54, 1.807) is 23.5 Å². The molecule has 0 N–H and O–H groups in total. The van der Waals surface area contributed by atoms with Crippen LogP contribution in [-0.4, -0.2) is 6.61 Å². The zero-order valence-electron chi connectivity index (χ0n) is 9.87. The lowest BCUT2D eigenvalue weighted by molar-refractivity contribution is -0.0498. The Labute approximate surface area is 127 Å². The molecule has 19 heavy (non-hydrogen) atoms. The van der Waals surface area contributed by atoms with E-state index >= 15 is 0 Å². The number of benzene rings is 1. The Kier molecular flexibility index (Phi) is 4.81. The summed E-state index contributed by atoms with van der Waals surface area (Å²) in [5.41, 5.74) is 0.839. The van der Waals surface area contributed by atoms with Crippen molar-refractivity contribution in [2.45, 2.75) is 18.9 Å². The van der Waals surface area contributed by atoms with E-state index in [9.17, 15) is 8.78 Å². The quantitative estimate of drug-likeness (QED) is 0.625. The topological polar surface area (TPSA) is 9.23 Å². The second kappa shape index (κ2) is 6.20. The maximum atomic E-state index is 12.0. The van der Waals surface area contributed by atoms with Crippen molar-refractivity contribution in [2.24, 2.45) is 0 Å². The molecule has 1 atom stereocenters. The first-order valence-corrected chi connectivity index (χ1v) is 7.46. The molecule has 6 heteroatoms. The normalized spacial score (nSPS) is 12.7. The fourth-order valence-corrected chi connectivity index (χ4v) is 4.06. The maximum absolute atomic E-state index is 12.0. The molecule has 0 spiro atoms. The van der Waals surface area contributed by atoms with Gasteiger partial charge in [-0.25, -0.2) is 0 Å². The van der Waals surface area contributed by atoms with Gasteiger partial charge < -0.3 is 4.74 Å². The summed E-state index contributed by atoms with van der Waals surface area (Å²) in [6.07, 6.45) is 0. The minimum absolute atomic E-state index is 0.129. The molecule has 1 unspecified atom stereocenters. The summed E-state index contributed by atoms with van der Waals surface area (Å²) in [5.74, 6) is 0.129. The van der Waals surface area contributed by atoms with Gasteiger partial charge in [-0.05, 0) is 46.6 Å². The summed E-state index contributed by atoms with van der Waals surface area (Å²) in [5, 5.41) is -0.311. The highest BCUT2D eigenvalue weighted by Gasteiger charge is 2.17. The van der Waals surface area contributed by atoms with Gasteiger partial charge in [0.25, 0.3) is 0 Å². The Morgan fingerprint density at radius 2 is 1.89 bits per heavy atom. The molecule has 1 heterocycles. The zero-order valence-corrected chi connectivity index (χ0v) is 13.0. The number of thiophene rings is 1. The van der Waals surface area contributed by atoms with Gasteiger partial charge in [0, 0.05) is 14.2 Å². The molecule has 102 valence electrons. The van der Waals surface area contributed by atoms with Gasteiger partial charge in [0.1, 0.15) is 5.75 Å². The lowest BCUT2D eigenvalue weighted by atomic mass is 10.1.